The number of carbonyl (C=O) groups is 1. The van der Waals surface area contributed by atoms with Crippen molar-refractivity contribution >= 4 is 34.9 Å². The summed E-state index contributed by atoms with van der Waals surface area (Å²) in [7, 11) is 0. The molecule has 0 radical (unpaired) electrons. The third kappa shape index (κ3) is 5.88. The van der Waals surface area contributed by atoms with E-state index < -0.39 is 5.97 Å². The summed E-state index contributed by atoms with van der Waals surface area (Å²) in [6, 6.07) is 21.1. The molecule has 7 heteroatoms. The lowest BCUT2D eigenvalue weighted by molar-refractivity contribution is 0.0697. The molecule has 0 atom stereocenters. The molecule has 0 saturated carbocycles. The quantitative estimate of drug-likeness (QED) is 0.379. The van der Waals surface area contributed by atoms with Crippen LogP contribution in [-0.2, 0) is 6.54 Å². The van der Waals surface area contributed by atoms with Crippen molar-refractivity contribution < 1.29 is 9.90 Å². The molecule has 0 unspecified atom stereocenters. The van der Waals surface area contributed by atoms with Gasteiger partial charge in [0.15, 0.2) is 5.96 Å². The fraction of sp³-hybridized carbons (Fsp3) is 0.259. The van der Waals surface area contributed by atoms with Crippen LogP contribution in [0.5, 0.6) is 0 Å². The van der Waals surface area contributed by atoms with Gasteiger partial charge in [-0.2, -0.15) is 0 Å². The molecule has 0 aromatic heterocycles. The van der Waals surface area contributed by atoms with Crippen molar-refractivity contribution in [3.8, 4) is 0 Å². The van der Waals surface area contributed by atoms with E-state index in [9.17, 15) is 9.90 Å². The molecule has 0 aliphatic carbocycles. The van der Waals surface area contributed by atoms with E-state index in [0.29, 0.717) is 6.54 Å². The zero-order valence-electron chi connectivity index (χ0n) is 19.5. The average molecular weight is 477 g/mol. The summed E-state index contributed by atoms with van der Waals surface area (Å²) in [4.78, 5) is 20.7. The minimum atomic E-state index is -0.938. The largest absolute Gasteiger partial charge is 0.478 e. The molecule has 3 aromatic rings. The second kappa shape index (κ2) is 10.6. The van der Waals surface area contributed by atoms with E-state index in [0.717, 1.165) is 48.4 Å². The van der Waals surface area contributed by atoms with E-state index in [1.54, 1.807) is 24.3 Å². The number of anilines is 2. The molecule has 1 aliphatic heterocycles. The highest BCUT2D eigenvalue weighted by molar-refractivity contribution is 6.30. The molecule has 6 nitrogen and oxygen atoms in total. The molecule has 1 heterocycles. The van der Waals surface area contributed by atoms with Gasteiger partial charge in [-0.05, 0) is 61.4 Å². The van der Waals surface area contributed by atoms with Gasteiger partial charge >= 0.3 is 5.97 Å². The summed E-state index contributed by atoms with van der Waals surface area (Å²) in [5.41, 5.74) is 5.80. The van der Waals surface area contributed by atoms with Crippen molar-refractivity contribution in [2.75, 3.05) is 36.4 Å². The molecule has 1 aliphatic rings. The Bertz CT molecular complexity index is 1170. The minimum Gasteiger partial charge on any atom is -0.478 e. The summed E-state index contributed by atoms with van der Waals surface area (Å²) < 4.78 is 0. The second-order valence-corrected chi connectivity index (χ2v) is 8.97. The number of carboxylic acid groups (broad SMARTS) is 1. The molecule has 0 amide bonds. The predicted octanol–water partition coefficient (Wildman–Crippen LogP) is 5.45. The first-order chi connectivity index (χ1) is 16.4. The second-order valence-electron chi connectivity index (χ2n) is 8.54. The van der Waals surface area contributed by atoms with E-state index in [-0.39, 0.29) is 5.56 Å². The van der Waals surface area contributed by atoms with E-state index in [4.69, 9.17) is 16.6 Å². The van der Waals surface area contributed by atoms with Gasteiger partial charge in [0, 0.05) is 42.6 Å². The number of aliphatic imine (C=N–C) groups is 1. The van der Waals surface area contributed by atoms with E-state index in [1.807, 2.05) is 12.1 Å². The van der Waals surface area contributed by atoms with Crippen molar-refractivity contribution in [3.63, 3.8) is 0 Å². The number of carboxylic acids is 1. The Morgan fingerprint density at radius 3 is 2.29 bits per heavy atom. The first-order valence-corrected chi connectivity index (χ1v) is 11.7. The third-order valence-corrected chi connectivity index (χ3v) is 6.25. The van der Waals surface area contributed by atoms with E-state index in [1.165, 1.54) is 16.8 Å². The Kier molecular flexibility index (Phi) is 7.38. The van der Waals surface area contributed by atoms with Crippen LogP contribution in [-0.4, -0.2) is 48.1 Å². The van der Waals surface area contributed by atoms with Gasteiger partial charge in [0.2, 0.25) is 0 Å². The fourth-order valence-electron chi connectivity index (χ4n) is 3.99. The molecular weight excluding hydrogens is 448 g/mol. The van der Waals surface area contributed by atoms with Gasteiger partial charge in [-0.1, -0.05) is 47.5 Å². The number of guanidine groups is 1. The normalized spacial score (nSPS) is 14.3. The molecule has 34 heavy (non-hydrogen) atoms. The Labute approximate surface area is 205 Å². The number of halogens is 1. The zero-order chi connectivity index (χ0) is 24.1. The van der Waals surface area contributed by atoms with Crippen LogP contribution >= 0.6 is 11.6 Å². The highest BCUT2D eigenvalue weighted by Crippen LogP contribution is 2.25. The summed E-state index contributed by atoms with van der Waals surface area (Å²) in [6.07, 6.45) is 0. The fourth-order valence-corrected chi connectivity index (χ4v) is 4.15. The first-order valence-electron chi connectivity index (χ1n) is 11.4. The van der Waals surface area contributed by atoms with Gasteiger partial charge in [-0.25, -0.2) is 9.79 Å². The molecule has 0 bridgehead atoms. The molecule has 1 fully saturated rings. The summed E-state index contributed by atoms with van der Waals surface area (Å²) >= 11 is 6.24. The smallest absolute Gasteiger partial charge is 0.335 e. The number of rotatable bonds is 5. The van der Waals surface area contributed by atoms with Crippen LogP contribution in [0.4, 0.5) is 11.4 Å². The van der Waals surface area contributed by atoms with Crippen molar-refractivity contribution in [2.45, 2.75) is 20.4 Å². The number of hydrogen-bond acceptors (Lipinski definition) is 3. The predicted molar refractivity (Wildman–Crippen MR) is 139 cm³/mol. The Morgan fingerprint density at radius 1 is 0.971 bits per heavy atom. The maximum atomic E-state index is 11.2. The van der Waals surface area contributed by atoms with E-state index in [2.05, 4.69) is 59.3 Å². The Hall–Kier alpha value is -3.51. The van der Waals surface area contributed by atoms with Gasteiger partial charge < -0.3 is 20.2 Å². The molecule has 0 spiro atoms. The van der Waals surface area contributed by atoms with Gasteiger partial charge in [0.1, 0.15) is 0 Å². The maximum absolute atomic E-state index is 11.2. The first kappa shape index (κ1) is 23.6. The molecule has 4 rings (SSSR count). The Balaban J connectivity index is 1.51. The standard InChI is InChI=1S/C27H29ClN4O2/c1-19-3-6-21(7-4-19)18-29-27(30-24-11-8-22(9-12-24)26(33)34)32-15-13-31(14-16-32)25-17-23(28)10-5-20(25)2/h3-12,17H,13-16,18H2,1-2H3,(H,29,30)(H,33,34). The Morgan fingerprint density at radius 2 is 1.65 bits per heavy atom. The maximum Gasteiger partial charge on any atom is 0.335 e. The van der Waals surface area contributed by atoms with Crippen molar-refractivity contribution in [1.82, 2.24) is 4.90 Å². The van der Waals surface area contributed by atoms with Crippen LogP contribution in [0.1, 0.15) is 27.0 Å². The van der Waals surface area contributed by atoms with Crippen molar-refractivity contribution in [2.24, 2.45) is 4.99 Å². The van der Waals surface area contributed by atoms with Crippen LogP contribution < -0.4 is 10.2 Å². The lowest BCUT2D eigenvalue weighted by Gasteiger charge is -2.38. The van der Waals surface area contributed by atoms with Gasteiger partial charge in [-0.3, -0.25) is 0 Å². The molecule has 2 N–H and O–H groups in total. The van der Waals surface area contributed by atoms with Crippen LogP contribution in [0.3, 0.4) is 0 Å². The zero-order valence-corrected chi connectivity index (χ0v) is 20.2. The molecule has 3 aromatic carbocycles. The number of piperazine rings is 1. The molecule has 1 saturated heterocycles. The SMILES string of the molecule is Cc1ccc(CN=C(Nc2ccc(C(=O)O)cc2)N2CCN(c3cc(Cl)ccc3C)CC2)cc1. The highest BCUT2D eigenvalue weighted by Gasteiger charge is 2.21. The van der Waals surface area contributed by atoms with Crippen LogP contribution in [0.2, 0.25) is 5.02 Å². The van der Waals surface area contributed by atoms with Gasteiger partial charge in [-0.15, -0.1) is 0 Å². The summed E-state index contributed by atoms with van der Waals surface area (Å²) in [5.74, 6) is -0.154. The van der Waals surface area contributed by atoms with Gasteiger partial charge in [0.25, 0.3) is 0 Å². The van der Waals surface area contributed by atoms with E-state index >= 15 is 0 Å². The monoisotopic (exact) mass is 476 g/mol. The van der Waals surface area contributed by atoms with Gasteiger partial charge in [0.05, 0.1) is 12.1 Å². The number of benzene rings is 3. The number of hydrogen-bond donors (Lipinski definition) is 2. The number of aryl methyl sites for hydroxylation is 2. The van der Waals surface area contributed by atoms with Crippen LogP contribution in [0.15, 0.2) is 71.7 Å². The minimum absolute atomic E-state index is 0.259. The number of nitrogens with zero attached hydrogens (tertiary/aromatic N) is 3. The average Bonchev–Trinajstić information content (AvgIpc) is 2.85. The van der Waals surface area contributed by atoms with Crippen LogP contribution in [0, 0.1) is 13.8 Å². The third-order valence-electron chi connectivity index (χ3n) is 6.01. The number of nitrogens with one attached hydrogen (secondary N) is 1. The highest BCUT2D eigenvalue weighted by atomic mass is 35.5. The summed E-state index contributed by atoms with van der Waals surface area (Å²) in [6.45, 7) is 8.05. The number of aromatic carboxylic acids is 1. The van der Waals surface area contributed by atoms with Crippen LogP contribution in [0.25, 0.3) is 0 Å². The molecular formula is C27H29ClN4O2. The lowest BCUT2D eigenvalue weighted by atomic mass is 10.1. The molecule has 176 valence electrons. The van der Waals surface area contributed by atoms with Crippen molar-refractivity contribution in [1.29, 1.82) is 0 Å². The lowest BCUT2D eigenvalue weighted by Crippen LogP contribution is -2.51. The van der Waals surface area contributed by atoms with Crippen molar-refractivity contribution in [3.05, 3.63) is 94.0 Å². The summed E-state index contributed by atoms with van der Waals surface area (Å²) in [5, 5.41) is 13.3. The topological polar surface area (TPSA) is 68.2 Å².